The van der Waals surface area contributed by atoms with E-state index >= 15 is 0 Å². The summed E-state index contributed by atoms with van der Waals surface area (Å²) in [6.07, 6.45) is 0. The maximum atomic E-state index is 5.67. The van der Waals surface area contributed by atoms with Crippen molar-refractivity contribution in [3.63, 3.8) is 0 Å². The van der Waals surface area contributed by atoms with Crippen LogP contribution in [0, 0.1) is 0 Å². The van der Waals surface area contributed by atoms with Gasteiger partial charge in [-0.15, -0.1) is 0 Å². The van der Waals surface area contributed by atoms with Crippen molar-refractivity contribution >= 4 is 27.4 Å². The highest BCUT2D eigenvalue weighted by molar-refractivity contribution is 6.97. The fourth-order valence-electron chi connectivity index (χ4n) is 3.22. The van der Waals surface area contributed by atoms with E-state index in [9.17, 15) is 0 Å². The van der Waals surface area contributed by atoms with E-state index in [4.69, 9.17) is 14.2 Å². The summed E-state index contributed by atoms with van der Waals surface area (Å²) in [6, 6.07) is 24.7. The van der Waals surface area contributed by atoms with Gasteiger partial charge in [0.25, 0.3) is 0 Å². The number of methoxy groups -OCH3 is 3. The minimum Gasteiger partial charge on any atom is -0.498 e. The molecule has 0 saturated carbocycles. The standard InChI is InChI=1S/3C7H7O.Al/c3*1-8-7-5-3-2-4-6-7;/h3*2-5H,1H3;. The fourth-order valence-corrected chi connectivity index (χ4v) is 6.63. The first-order chi connectivity index (χ1) is 12.3. The Hall–Kier alpha value is -2.41. The molecule has 0 saturated heterocycles. The van der Waals surface area contributed by atoms with E-state index in [-0.39, 0.29) is 0 Å². The van der Waals surface area contributed by atoms with Crippen LogP contribution < -0.4 is 27.5 Å². The lowest BCUT2D eigenvalue weighted by Crippen LogP contribution is -2.53. The Bertz CT molecular complexity index is 735. The van der Waals surface area contributed by atoms with Crippen molar-refractivity contribution in [2.24, 2.45) is 0 Å². The topological polar surface area (TPSA) is 27.7 Å². The molecule has 3 rings (SSSR count). The van der Waals surface area contributed by atoms with Gasteiger partial charge in [-0.1, -0.05) is 67.9 Å². The molecule has 126 valence electrons. The van der Waals surface area contributed by atoms with Crippen molar-refractivity contribution in [1.29, 1.82) is 0 Å². The summed E-state index contributed by atoms with van der Waals surface area (Å²) in [5.74, 6) is 2.70. The largest absolute Gasteiger partial charge is 0.498 e. The molecule has 0 unspecified atom stereocenters. The van der Waals surface area contributed by atoms with Crippen molar-refractivity contribution in [2.45, 2.75) is 0 Å². The van der Waals surface area contributed by atoms with Gasteiger partial charge in [-0.25, -0.2) is 0 Å². The van der Waals surface area contributed by atoms with Gasteiger partial charge in [-0.05, 0) is 18.2 Å². The maximum absolute atomic E-state index is 5.67. The lowest BCUT2D eigenvalue weighted by molar-refractivity contribution is 0.416. The third-order valence-corrected chi connectivity index (χ3v) is 7.65. The highest BCUT2D eigenvalue weighted by Crippen LogP contribution is 2.16. The minimum absolute atomic E-state index is 0.899. The number of hydrogen-bond acceptors (Lipinski definition) is 3. The molecule has 0 radical (unpaired) electrons. The molecule has 0 heterocycles. The summed E-state index contributed by atoms with van der Waals surface area (Å²) in [5, 5.41) is 0. The van der Waals surface area contributed by atoms with Crippen LogP contribution in [0.25, 0.3) is 0 Å². The first-order valence-electron chi connectivity index (χ1n) is 8.19. The van der Waals surface area contributed by atoms with Crippen LogP contribution in [0.5, 0.6) is 17.2 Å². The third-order valence-electron chi connectivity index (χ3n) is 4.35. The first-order valence-corrected chi connectivity index (χ1v) is 9.92. The molecule has 0 aliphatic carbocycles. The van der Waals surface area contributed by atoms with Crippen LogP contribution in [-0.2, 0) is 0 Å². The smallest absolute Gasteiger partial charge is 0.401 e. The Morgan fingerprint density at radius 2 is 0.760 bits per heavy atom. The predicted molar refractivity (Wildman–Crippen MR) is 104 cm³/mol. The molecule has 0 aliphatic rings. The number of rotatable bonds is 6. The van der Waals surface area contributed by atoms with E-state index < -0.39 is 14.1 Å². The van der Waals surface area contributed by atoms with Gasteiger partial charge in [0.1, 0.15) is 17.2 Å². The molecule has 3 nitrogen and oxygen atoms in total. The van der Waals surface area contributed by atoms with Gasteiger partial charge in [0.15, 0.2) is 0 Å². The number of ether oxygens (including phenoxy) is 3. The SMILES string of the molecule is COc1cccc[c]1[Al]([c]1ccccc1OC)[c]1ccccc1OC. The monoisotopic (exact) mass is 348 g/mol. The summed E-state index contributed by atoms with van der Waals surface area (Å²) in [6.45, 7) is 0. The number of para-hydroxylation sites is 3. The van der Waals surface area contributed by atoms with E-state index in [1.54, 1.807) is 21.3 Å². The molecule has 0 amide bonds. The van der Waals surface area contributed by atoms with Gasteiger partial charge in [0.05, 0.1) is 21.3 Å². The average Bonchev–Trinajstić information content (AvgIpc) is 2.69. The molecular formula is C21H21AlO3. The highest BCUT2D eigenvalue weighted by Gasteiger charge is 2.32. The van der Waals surface area contributed by atoms with Crippen molar-refractivity contribution in [2.75, 3.05) is 21.3 Å². The molecule has 0 aromatic heterocycles. The van der Waals surface area contributed by atoms with Crippen molar-refractivity contribution in [1.82, 2.24) is 0 Å². The number of benzene rings is 3. The molecule has 25 heavy (non-hydrogen) atoms. The highest BCUT2D eigenvalue weighted by atomic mass is 27.2. The lowest BCUT2D eigenvalue weighted by atomic mass is 10.3. The summed E-state index contributed by atoms with van der Waals surface area (Å²) in [4.78, 5) is 0. The summed E-state index contributed by atoms with van der Waals surface area (Å²) >= 11 is -1.85. The summed E-state index contributed by atoms with van der Waals surface area (Å²) in [7, 11) is 5.15. The Labute approximate surface area is 153 Å². The predicted octanol–water partition coefficient (Wildman–Crippen LogP) is 2.23. The van der Waals surface area contributed by atoms with E-state index in [1.165, 1.54) is 13.3 Å². The third kappa shape index (κ3) is 3.51. The molecule has 3 aromatic rings. The summed E-state index contributed by atoms with van der Waals surface area (Å²) in [5.41, 5.74) is 0. The van der Waals surface area contributed by atoms with Crippen LogP contribution >= 0.6 is 0 Å². The van der Waals surface area contributed by atoms with Crippen LogP contribution in [-0.4, -0.2) is 35.5 Å². The van der Waals surface area contributed by atoms with Crippen molar-refractivity contribution in [3.8, 4) is 17.2 Å². The van der Waals surface area contributed by atoms with E-state index in [1.807, 2.05) is 36.4 Å². The molecule has 0 fully saturated rings. The molecular weight excluding hydrogens is 327 g/mol. The number of hydrogen-bond donors (Lipinski definition) is 0. The van der Waals surface area contributed by atoms with Crippen LogP contribution in [0.2, 0.25) is 0 Å². The minimum atomic E-state index is -1.85. The zero-order valence-corrected chi connectivity index (χ0v) is 15.9. The Morgan fingerprint density at radius 3 is 1.04 bits per heavy atom. The average molecular weight is 348 g/mol. The lowest BCUT2D eigenvalue weighted by Gasteiger charge is -2.20. The van der Waals surface area contributed by atoms with Gasteiger partial charge in [-0.3, -0.25) is 0 Å². The second-order valence-electron chi connectivity index (χ2n) is 5.66. The van der Waals surface area contributed by atoms with Crippen LogP contribution in [0.4, 0.5) is 0 Å². The van der Waals surface area contributed by atoms with E-state index in [0.29, 0.717) is 0 Å². The summed E-state index contributed by atoms with van der Waals surface area (Å²) < 4.78 is 20.6. The van der Waals surface area contributed by atoms with Gasteiger partial charge < -0.3 is 14.2 Å². The molecule has 0 N–H and O–H groups in total. The fraction of sp³-hybridized carbons (Fsp3) is 0.143. The van der Waals surface area contributed by atoms with Gasteiger partial charge in [-0.2, -0.15) is 0 Å². The van der Waals surface area contributed by atoms with Crippen LogP contribution in [0.3, 0.4) is 0 Å². The molecule has 0 spiro atoms. The van der Waals surface area contributed by atoms with Gasteiger partial charge in [0.2, 0.25) is 0 Å². The van der Waals surface area contributed by atoms with E-state index in [0.717, 1.165) is 17.2 Å². The normalized spacial score (nSPS) is 10.2. The Balaban J connectivity index is 2.29. The van der Waals surface area contributed by atoms with Gasteiger partial charge >= 0.3 is 14.1 Å². The van der Waals surface area contributed by atoms with Gasteiger partial charge in [0, 0.05) is 0 Å². The molecule has 0 bridgehead atoms. The second kappa shape index (κ2) is 8.11. The van der Waals surface area contributed by atoms with Crippen molar-refractivity contribution < 1.29 is 14.2 Å². The quantitative estimate of drug-likeness (QED) is 0.640. The Kier molecular flexibility index (Phi) is 5.65. The zero-order valence-electron chi connectivity index (χ0n) is 14.7. The van der Waals surface area contributed by atoms with E-state index in [2.05, 4.69) is 36.4 Å². The zero-order chi connectivity index (χ0) is 17.6. The molecule has 0 atom stereocenters. The van der Waals surface area contributed by atoms with Crippen molar-refractivity contribution in [3.05, 3.63) is 72.8 Å². The second-order valence-corrected chi connectivity index (χ2v) is 8.39. The molecule has 4 heteroatoms. The maximum Gasteiger partial charge on any atom is 0.401 e. The van der Waals surface area contributed by atoms with Crippen LogP contribution in [0.15, 0.2) is 72.8 Å². The Morgan fingerprint density at radius 1 is 0.480 bits per heavy atom. The molecule has 0 aliphatic heterocycles. The first kappa shape index (κ1) is 17.4. The van der Waals surface area contributed by atoms with Crippen LogP contribution in [0.1, 0.15) is 0 Å². The molecule has 3 aromatic carbocycles.